The Morgan fingerprint density at radius 3 is 2.23 bits per heavy atom. The third-order valence-electron chi connectivity index (χ3n) is 1.86. The van der Waals surface area contributed by atoms with Crippen LogP contribution >= 0.6 is 0 Å². The second-order valence-corrected chi connectivity index (χ2v) is 9.52. The molecule has 13 heavy (non-hydrogen) atoms. The first-order valence-corrected chi connectivity index (χ1v) is 8.41. The average Bonchev–Trinajstić information content (AvgIpc) is 1.99. The van der Waals surface area contributed by atoms with Crippen molar-refractivity contribution in [1.82, 2.24) is 0 Å². The van der Waals surface area contributed by atoms with E-state index in [1.54, 1.807) is 0 Å². The second kappa shape index (κ2) is 5.32. The fourth-order valence-electron chi connectivity index (χ4n) is 0.856. The van der Waals surface area contributed by atoms with Crippen molar-refractivity contribution >= 4 is 19.2 Å². The van der Waals surface area contributed by atoms with Crippen LogP contribution in [0, 0.1) is 0 Å². The average molecular weight is 199 g/mol. The molecular weight excluding hydrogens is 178 g/mol. The molecule has 3 heteroatoms. The van der Waals surface area contributed by atoms with Crippen molar-refractivity contribution in [3.05, 3.63) is 0 Å². The summed E-state index contributed by atoms with van der Waals surface area (Å²) in [6.07, 6.45) is 1.62. The summed E-state index contributed by atoms with van der Waals surface area (Å²) in [5.74, 6) is 0. The van der Waals surface area contributed by atoms with Crippen molar-refractivity contribution in [1.29, 1.82) is 0 Å². The molecule has 0 radical (unpaired) electrons. The quantitative estimate of drug-likeness (QED) is 0.494. The first kappa shape index (κ1) is 12.6. The molecule has 0 spiro atoms. The van der Waals surface area contributed by atoms with Crippen molar-refractivity contribution < 1.29 is 4.79 Å². The molecule has 0 fully saturated rings. The Balaban J connectivity index is 4.07. The summed E-state index contributed by atoms with van der Waals surface area (Å²) in [5, 5.41) is 0.407. The molecule has 0 N–H and O–H groups in total. The van der Waals surface area contributed by atoms with Crippen LogP contribution in [0.5, 0.6) is 0 Å². The molecule has 0 rings (SSSR count). The van der Waals surface area contributed by atoms with Crippen LogP contribution < -0.4 is 0 Å². The highest BCUT2D eigenvalue weighted by atomic mass is 28.3. The lowest BCUT2D eigenvalue weighted by molar-refractivity contribution is -0.111. The van der Waals surface area contributed by atoms with Crippen LogP contribution in [0.25, 0.3) is 0 Å². The molecule has 0 aliphatic heterocycles. The summed E-state index contributed by atoms with van der Waals surface area (Å²) in [6, 6.07) is 0. The predicted molar refractivity (Wildman–Crippen MR) is 61.2 cm³/mol. The number of rotatable bonds is 5. The van der Waals surface area contributed by atoms with Gasteiger partial charge in [-0.15, -0.1) is 0 Å². The molecule has 76 valence electrons. The van der Waals surface area contributed by atoms with E-state index in [-0.39, 0.29) is 0 Å². The minimum Gasteiger partial charge on any atom is -0.305 e. The number of nitrogens with zero attached hydrogens (tertiary/aromatic N) is 1. The van der Waals surface area contributed by atoms with Gasteiger partial charge in [-0.2, -0.15) is 0 Å². The van der Waals surface area contributed by atoms with Gasteiger partial charge >= 0.3 is 0 Å². The Labute approximate surface area is 82.5 Å². The van der Waals surface area contributed by atoms with Crippen molar-refractivity contribution in [3.63, 3.8) is 0 Å². The zero-order valence-corrected chi connectivity index (χ0v) is 10.5. The summed E-state index contributed by atoms with van der Waals surface area (Å²) in [5.41, 5.74) is 0.995. The van der Waals surface area contributed by atoms with E-state index >= 15 is 0 Å². The largest absolute Gasteiger partial charge is 0.305 e. The van der Waals surface area contributed by atoms with Gasteiger partial charge in [-0.1, -0.05) is 26.6 Å². The monoisotopic (exact) mass is 199 g/mol. The molecule has 0 saturated heterocycles. The standard InChI is InChI=1S/C10H21NOSi/c1-6-7-11-9(2)8-10(12)13(3,4)5/h6-8H2,1-5H3. The third-order valence-corrected chi connectivity index (χ3v) is 3.71. The van der Waals surface area contributed by atoms with Gasteiger partial charge in [-0.05, 0) is 13.3 Å². The Hall–Kier alpha value is -0.443. The molecule has 0 aliphatic rings. The number of carbonyl (C=O) groups excluding carboxylic acids is 1. The maximum Gasteiger partial charge on any atom is 0.124 e. The van der Waals surface area contributed by atoms with Crippen molar-refractivity contribution in [3.8, 4) is 0 Å². The van der Waals surface area contributed by atoms with Gasteiger partial charge in [-0.25, -0.2) is 0 Å². The van der Waals surface area contributed by atoms with Gasteiger partial charge in [0.1, 0.15) is 13.5 Å². The first-order valence-electron chi connectivity index (χ1n) is 4.91. The molecule has 2 nitrogen and oxygen atoms in total. The van der Waals surface area contributed by atoms with E-state index in [1.807, 2.05) is 6.92 Å². The lowest BCUT2D eigenvalue weighted by Crippen LogP contribution is -2.34. The summed E-state index contributed by atoms with van der Waals surface area (Å²) in [4.78, 5) is 15.9. The van der Waals surface area contributed by atoms with Gasteiger partial charge in [0.2, 0.25) is 0 Å². The Morgan fingerprint density at radius 2 is 1.85 bits per heavy atom. The van der Waals surface area contributed by atoms with Crippen LogP contribution in [0.3, 0.4) is 0 Å². The van der Waals surface area contributed by atoms with Crippen molar-refractivity contribution in [2.24, 2.45) is 4.99 Å². The fourth-order valence-corrected chi connectivity index (χ4v) is 1.64. The van der Waals surface area contributed by atoms with E-state index in [4.69, 9.17) is 0 Å². The predicted octanol–water partition coefficient (Wildman–Crippen LogP) is 2.69. The molecule has 0 aromatic heterocycles. The minimum atomic E-state index is -1.58. The molecule has 0 aromatic carbocycles. The highest BCUT2D eigenvalue weighted by Crippen LogP contribution is 2.06. The lowest BCUT2D eigenvalue weighted by atomic mass is 10.3. The Bertz CT molecular complexity index is 203. The number of hydrogen-bond donors (Lipinski definition) is 0. The highest BCUT2D eigenvalue weighted by molar-refractivity contribution is 7.03. The molecule has 0 aromatic rings. The number of carbonyl (C=O) groups is 1. The van der Waals surface area contributed by atoms with Gasteiger partial charge in [-0.3, -0.25) is 4.99 Å². The third kappa shape index (κ3) is 5.74. The van der Waals surface area contributed by atoms with E-state index in [1.165, 1.54) is 0 Å². The topological polar surface area (TPSA) is 29.4 Å². The smallest absolute Gasteiger partial charge is 0.124 e. The van der Waals surface area contributed by atoms with Gasteiger partial charge in [0.25, 0.3) is 0 Å². The Kier molecular flexibility index (Phi) is 5.14. The van der Waals surface area contributed by atoms with E-state index in [2.05, 4.69) is 31.6 Å². The summed E-state index contributed by atoms with van der Waals surface area (Å²) < 4.78 is 0. The summed E-state index contributed by atoms with van der Waals surface area (Å²) in [7, 11) is -1.58. The van der Waals surface area contributed by atoms with Crippen LogP contribution in [0.2, 0.25) is 19.6 Å². The van der Waals surface area contributed by atoms with Gasteiger partial charge in [0.15, 0.2) is 0 Å². The molecular formula is C10H21NOSi. The second-order valence-electron chi connectivity index (χ2n) is 4.47. The highest BCUT2D eigenvalue weighted by Gasteiger charge is 2.23. The summed E-state index contributed by atoms with van der Waals surface area (Å²) >= 11 is 0. The zero-order chi connectivity index (χ0) is 10.5. The van der Waals surface area contributed by atoms with Crippen LogP contribution in [-0.2, 0) is 4.79 Å². The van der Waals surface area contributed by atoms with Crippen molar-refractivity contribution in [2.75, 3.05) is 6.54 Å². The SMILES string of the molecule is CCCN=C(C)CC(=O)[Si](C)(C)C. The first-order chi connectivity index (χ1) is 5.88. The van der Waals surface area contributed by atoms with Gasteiger partial charge in [0, 0.05) is 18.7 Å². The van der Waals surface area contributed by atoms with E-state index < -0.39 is 8.07 Å². The molecule has 0 amide bonds. The van der Waals surface area contributed by atoms with Crippen LogP contribution in [0.15, 0.2) is 4.99 Å². The molecule has 0 heterocycles. The zero-order valence-electron chi connectivity index (χ0n) is 9.48. The van der Waals surface area contributed by atoms with E-state index in [0.29, 0.717) is 11.8 Å². The molecule has 0 bridgehead atoms. The van der Waals surface area contributed by atoms with Gasteiger partial charge < -0.3 is 4.79 Å². The lowest BCUT2D eigenvalue weighted by Gasteiger charge is -2.13. The van der Waals surface area contributed by atoms with Crippen molar-refractivity contribution in [2.45, 2.75) is 46.3 Å². The molecule has 0 atom stereocenters. The maximum absolute atomic E-state index is 11.6. The number of hydrogen-bond acceptors (Lipinski definition) is 2. The molecule has 0 aliphatic carbocycles. The Morgan fingerprint density at radius 1 is 1.31 bits per heavy atom. The van der Waals surface area contributed by atoms with Crippen LogP contribution in [0.4, 0.5) is 0 Å². The van der Waals surface area contributed by atoms with E-state index in [0.717, 1.165) is 18.7 Å². The minimum absolute atomic E-state index is 0.407. The van der Waals surface area contributed by atoms with Crippen LogP contribution in [0.1, 0.15) is 26.7 Å². The fraction of sp³-hybridized carbons (Fsp3) is 0.800. The van der Waals surface area contributed by atoms with Crippen LogP contribution in [-0.4, -0.2) is 25.7 Å². The number of aliphatic imine (C=N–C) groups is 1. The normalized spacial score (nSPS) is 13.2. The maximum atomic E-state index is 11.6. The molecule has 0 unspecified atom stereocenters. The molecule has 0 saturated carbocycles. The van der Waals surface area contributed by atoms with E-state index in [9.17, 15) is 4.79 Å². The summed E-state index contributed by atoms with van der Waals surface area (Å²) in [6.45, 7) is 11.2. The van der Waals surface area contributed by atoms with Gasteiger partial charge in [0.05, 0.1) is 0 Å².